The number of benzene rings is 1. The highest BCUT2D eigenvalue weighted by molar-refractivity contribution is 5.95. The van der Waals surface area contributed by atoms with E-state index in [2.05, 4.69) is 10.2 Å². The van der Waals surface area contributed by atoms with Crippen LogP contribution >= 0.6 is 0 Å². The molecule has 1 aliphatic rings. The topological polar surface area (TPSA) is 45.5 Å². The number of carbonyl (C=O) groups excluding carboxylic acids is 1. The summed E-state index contributed by atoms with van der Waals surface area (Å²) in [6.45, 7) is 6.34. The van der Waals surface area contributed by atoms with Crippen molar-refractivity contribution in [3.05, 3.63) is 58.8 Å². The van der Waals surface area contributed by atoms with E-state index in [0.717, 1.165) is 43.6 Å². The summed E-state index contributed by atoms with van der Waals surface area (Å²) in [5, 5.41) is 3.08. The molecule has 1 fully saturated rings. The van der Waals surface area contributed by atoms with Gasteiger partial charge < -0.3 is 9.73 Å². The van der Waals surface area contributed by atoms with Crippen molar-refractivity contribution in [3.8, 4) is 0 Å². The number of piperidine rings is 1. The Morgan fingerprint density at radius 2 is 2.04 bits per heavy atom. The molecule has 0 radical (unpaired) electrons. The van der Waals surface area contributed by atoms with Gasteiger partial charge in [0.15, 0.2) is 0 Å². The van der Waals surface area contributed by atoms with Crippen LogP contribution in [0.4, 0.5) is 4.39 Å². The summed E-state index contributed by atoms with van der Waals surface area (Å²) >= 11 is 0. The van der Waals surface area contributed by atoms with E-state index < -0.39 is 0 Å². The van der Waals surface area contributed by atoms with Gasteiger partial charge in [-0.15, -0.1) is 0 Å². The van der Waals surface area contributed by atoms with E-state index in [-0.39, 0.29) is 17.8 Å². The van der Waals surface area contributed by atoms with Crippen molar-refractivity contribution >= 4 is 5.91 Å². The monoisotopic (exact) mass is 330 g/mol. The zero-order valence-corrected chi connectivity index (χ0v) is 14.1. The van der Waals surface area contributed by atoms with Crippen LogP contribution in [-0.4, -0.2) is 29.9 Å². The molecule has 2 heterocycles. The summed E-state index contributed by atoms with van der Waals surface area (Å²) in [4.78, 5) is 14.5. The molecule has 0 unspecified atom stereocenters. The number of halogens is 1. The Morgan fingerprint density at radius 1 is 1.29 bits per heavy atom. The lowest BCUT2D eigenvalue weighted by Crippen LogP contribution is -2.44. The first-order valence-corrected chi connectivity index (χ1v) is 8.35. The van der Waals surface area contributed by atoms with Gasteiger partial charge >= 0.3 is 0 Å². The highest BCUT2D eigenvalue weighted by Gasteiger charge is 2.22. The molecule has 0 aliphatic carbocycles. The number of hydrogen-bond donors (Lipinski definition) is 1. The van der Waals surface area contributed by atoms with Crippen LogP contribution in [0.3, 0.4) is 0 Å². The Bertz CT molecular complexity index is 718. The summed E-state index contributed by atoms with van der Waals surface area (Å²) in [5.74, 6) is 0.389. The molecule has 24 heavy (non-hydrogen) atoms. The molecular formula is C19H23FN2O2. The van der Waals surface area contributed by atoms with Gasteiger partial charge in [0.05, 0.1) is 11.8 Å². The Kier molecular flexibility index (Phi) is 5.00. The maximum absolute atomic E-state index is 13.4. The smallest absolute Gasteiger partial charge is 0.255 e. The molecular weight excluding hydrogens is 307 g/mol. The van der Waals surface area contributed by atoms with Crippen LogP contribution in [0.25, 0.3) is 0 Å². The van der Waals surface area contributed by atoms with Crippen LogP contribution in [-0.2, 0) is 6.54 Å². The minimum Gasteiger partial charge on any atom is -0.469 e. The van der Waals surface area contributed by atoms with E-state index in [1.165, 1.54) is 12.3 Å². The molecule has 4 nitrogen and oxygen atoms in total. The molecule has 1 aliphatic heterocycles. The molecule has 1 N–H and O–H groups in total. The van der Waals surface area contributed by atoms with E-state index in [1.54, 1.807) is 19.1 Å². The molecule has 1 aromatic heterocycles. The lowest BCUT2D eigenvalue weighted by atomic mass is 10.0. The minimum atomic E-state index is -0.187. The van der Waals surface area contributed by atoms with Gasteiger partial charge in [-0.3, -0.25) is 9.69 Å². The Hall–Kier alpha value is -2.14. The van der Waals surface area contributed by atoms with E-state index in [1.807, 2.05) is 13.0 Å². The molecule has 1 aromatic carbocycles. The number of amides is 1. The van der Waals surface area contributed by atoms with Crippen LogP contribution in [0.2, 0.25) is 0 Å². The second-order valence-corrected chi connectivity index (χ2v) is 6.49. The van der Waals surface area contributed by atoms with Crippen LogP contribution in [0.15, 0.2) is 34.9 Å². The molecule has 0 atom stereocenters. The number of aryl methyl sites for hydroxylation is 2. The maximum atomic E-state index is 13.4. The minimum absolute atomic E-state index is 0.0688. The second-order valence-electron chi connectivity index (χ2n) is 6.49. The molecule has 5 heteroatoms. The summed E-state index contributed by atoms with van der Waals surface area (Å²) < 4.78 is 18.6. The van der Waals surface area contributed by atoms with Crippen molar-refractivity contribution in [2.75, 3.05) is 13.1 Å². The maximum Gasteiger partial charge on any atom is 0.255 e. The van der Waals surface area contributed by atoms with Gasteiger partial charge in [-0.2, -0.15) is 0 Å². The first-order valence-electron chi connectivity index (χ1n) is 8.35. The largest absolute Gasteiger partial charge is 0.469 e. The first kappa shape index (κ1) is 16.7. The third-order valence-corrected chi connectivity index (χ3v) is 4.73. The Labute approximate surface area is 141 Å². The zero-order chi connectivity index (χ0) is 17.1. The number of likely N-dealkylation sites (tertiary alicyclic amines) is 1. The Morgan fingerprint density at radius 3 is 2.71 bits per heavy atom. The van der Waals surface area contributed by atoms with Crippen molar-refractivity contribution in [2.24, 2.45) is 0 Å². The predicted octanol–water partition coefficient (Wildman–Crippen LogP) is 3.43. The van der Waals surface area contributed by atoms with Crippen LogP contribution < -0.4 is 5.32 Å². The summed E-state index contributed by atoms with van der Waals surface area (Å²) in [6.07, 6.45) is 3.34. The van der Waals surface area contributed by atoms with Gasteiger partial charge in [-0.05, 0) is 56.0 Å². The standard InChI is InChI=1S/C19H23FN2O2/c1-13-3-4-16(20)11-15(13)12-22-8-5-17(6-9-22)21-19(23)18-7-10-24-14(18)2/h3-4,7,10-11,17H,5-6,8-9,12H2,1-2H3,(H,21,23). The van der Waals surface area contributed by atoms with E-state index in [0.29, 0.717) is 11.3 Å². The SMILES string of the molecule is Cc1ccc(F)cc1CN1CCC(NC(=O)c2ccoc2C)CC1. The average Bonchev–Trinajstić information content (AvgIpc) is 2.99. The number of nitrogens with zero attached hydrogens (tertiary/aromatic N) is 1. The number of nitrogens with one attached hydrogen (secondary N) is 1. The molecule has 0 saturated carbocycles. The lowest BCUT2D eigenvalue weighted by Gasteiger charge is -2.32. The third kappa shape index (κ3) is 3.85. The zero-order valence-electron chi connectivity index (χ0n) is 14.1. The van der Waals surface area contributed by atoms with Crippen LogP contribution in [0.5, 0.6) is 0 Å². The van der Waals surface area contributed by atoms with Gasteiger partial charge in [-0.1, -0.05) is 6.07 Å². The lowest BCUT2D eigenvalue weighted by molar-refractivity contribution is 0.0907. The molecule has 3 rings (SSSR count). The summed E-state index contributed by atoms with van der Waals surface area (Å²) in [6, 6.07) is 6.82. The fraction of sp³-hybridized carbons (Fsp3) is 0.421. The molecule has 128 valence electrons. The normalized spacial score (nSPS) is 16.3. The highest BCUT2D eigenvalue weighted by atomic mass is 19.1. The highest BCUT2D eigenvalue weighted by Crippen LogP contribution is 2.18. The van der Waals surface area contributed by atoms with Crippen molar-refractivity contribution < 1.29 is 13.6 Å². The average molecular weight is 330 g/mol. The number of carbonyl (C=O) groups is 1. The summed E-state index contributed by atoms with van der Waals surface area (Å²) in [7, 11) is 0. The summed E-state index contributed by atoms with van der Waals surface area (Å²) in [5.41, 5.74) is 2.75. The van der Waals surface area contributed by atoms with Crippen LogP contribution in [0, 0.1) is 19.7 Å². The fourth-order valence-electron chi connectivity index (χ4n) is 3.17. The Balaban J connectivity index is 1.52. The number of hydrogen-bond acceptors (Lipinski definition) is 3. The van der Waals surface area contributed by atoms with Gasteiger partial charge in [0, 0.05) is 25.7 Å². The molecule has 1 amide bonds. The van der Waals surface area contributed by atoms with Crippen molar-refractivity contribution in [3.63, 3.8) is 0 Å². The first-order chi connectivity index (χ1) is 11.5. The van der Waals surface area contributed by atoms with E-state index in [4.69, 9.17) is 4.42 Å². The van der Waals surface area contributed by atoms with Gasteiger partial charge in [-0.25, -0.2) is 4.39 Å². The molecule has 1 saturated heterocycles. The van der Waals surface area contributed by atoms with Gasteiger partial charge in [0.2, 0.25) is 0 Å². The van der Waals surface area contributed by atoms with Crippen molar-refractivity contribution in [2.45, 2.75) is 39.3 Å². The quantitative estimate of drug-likeness (QED) is 0.934. The second kappa shape index (κ2) is 7.18. The van der Waals surface area contributed by atoms with Crippen molar-refractivity contribution in [1.82, 2.24) is 10.2 Å². The molecule has 0 spiro atoms. The van der Waals surface area contributed by atoms with Crippen molar-refractivity contribution in [1.29, 1.82) is 0 Å². The van der Waals surface area contributed by atoms with E-state index in [9.17, 15) is 9.18 Å². The number of furan rings is 1. The molecule has 2 aromatic rings. The van der Waals surface area contributed by atoms with Crippen LogP contribution in [0.1, 0.15) is 40.1 Å². The van der Waals surface area contributed by atoms with E-state index >= 15 is 0 Å². The van der Waals surface area contributed by atoms with Gasteiger partial charge in [0.1, 0.15) is 11.6 Å². The predicted molar refractivity (Wildman–Crippen MR) is 90.3 cm³/mol. The molecule has 0 bridgehead atoms. The fourth-order valence-corrected chi connectivity index (χ4v) is 3.17. The van der Waals surface area contributed by atoms with Gasteiger partial charge in [0.25, 0.3) is 5.91 Å². The third-order valence-electron chi connectivity index (χ3n) is 4.73. The number of rotatable bonds is 4.